The van der Waals surface area contributed by atoms with Gasteiger partial charge < -0.3 is 9.47 Å². The molecule has 0 rings (SSSR count). The molecule has 0 aliphatic heterocycles. The van der Waals surface area contributed by atoms with Crippen LogP contribution in [0.1, 0.15) is 20.8 Å². The molecule has 0 heterocycles. The molecular formula is C9H22O2Si. The van der Waals surface area contributed by atoms with Gasteiger partial charge in [0.15, 0.2) is 0 Å². The molecule has 0 aromatic rings. The summed E-state index contributed by atoms with van der Waals surface area (Å²) in [5.74, 6) is -0.00231. The average Bonchev–Trinajstić information content (AvgIpc) is 1.87. The van der Waals surface area contributed by atoms with Crippen LogP contribution in [-0.2, 0) is 9.47 Å². The highest BCUT2D eigenvalue weighted by atomic mass is 28.3. The smallest absolute Gasteiger partial charge is 0.140 e. The molecule has 0 amide bonds. The topological polar surface area (TPSA) is 18.5 Å². The van der Waals surface area contributed by atoms with Gasteiger partial charge in [0, 0.05) is 14.2 Å². The Balaban J connectivity index is 4.57. The molecule has 0 saturated carbocycles. The number of ether oxygens (including phenoxy) is 2. The van der Waals surface area contributed by atoms with Crippen LogP contribution in [0.5, 0.6) is 0 Å². The van der Waals surface area contributed by atoms with E-state index in [0.29, 0.717) is 5.04 Å². The first-order valence-electron chi connectivity index (χ1n) is 4.33. The van der Waals surface area contributed by atoms with E-state index in [9.17, 15) is 0 Å². The SMILES string of the molecule is COC(OC)[Si](C)(C)C(C)(C)C. The van der Waals surface area contributed by atoms with Gasteiger partial charge in [-0.3, -0.25) is 0 Å². The molecule has 0 atom stereocenters. The van der Waals surface area contributed by atoms with Crippen molar-refractivity contribution in [2.75, 3.05) is 14.2 Å². The molecular weight excluding hydrogens is 168 g/mol. The van der Waals surface area contributed by atoms with Crippen molar-refractivity contribution in [1.82, 2.24) is 0 Å². The molecule has 0 spiro atoms. The lowest BCUT2D eigenvalue weighted by Crippen LogP contribution is -2.51. The Labute approximate surface area is 77.3 Å². The largest absolute Gasteiger partial charge is 0.360 e. The predicted octanol–water partition coefficient (Wildman–Crippen LogP) is 2.65. The van der Waals surface area contributed by atoms with Crippen molar-refractivity contribution >= 4 is 8.07 Å². The van der Waals surface area contributed by atoms with Gasteiger partial charge in [-0.15, -0.1) is 0 Å². The lowest BCUT2D eigenvalue weighted by Gasteiger charge is -2.40. The van der Waals surface area contributed by atoms with Crippen LogP contribution in [0.25, 0.3) is 0 Å². The van der Waals surface area contributed by atoms with Crippen molar-refractivity contribution < 1.29 is 9.47 Å². The van der Waals surface area contributed by atoms with Crippen molar-refractivity contribution in [3.63, 3.8) is 0 Å². The van der Waals surface area contributed by atoms with Crippen LogP contribution >= 0.6 is 0 Å². The van der Waals surface area contributed by atoms with Crippen LogP contribution in [0.2, 0.25) is 18.1 Å². The molecule has 0 aromatic heterocycles. The highest BCUT2D eigenvalue weighted by Crippen LogP contribution is 2.38. The molecule has 0 saturated heterocycles. The zero-order valence-electron chi connectivity index (χ0n) is 9.39. The summed E-state index contributed by atoms with van der Waals surface area (Å²) in [5, 5.41) is 0.309. The first-order valence-corrected chi connectivity index (χ1v) is 7.40. The van der Waals surface area contributed by atoms with Crippen LogP contribution in [-0.4, -0.2) is 28.2 Å². The van der Waals surface area contributed by atoms with Crippen LogP contribution < -0.4 is 0 Å². The van der Waals surface area contributed by atoms with E-state index in [4.69, 9.17) is 9.47 Å². The summed E-state index contributed by atoms with van der Waals surface area (Å²) in [4.78, 5) is 0. The Morgan fingerprint density at radius 3 is 1.42 bits per heavy atom. The average molecular weight is 190 g/mol. The monoisotopic (exact) mass is 190 g/mol. The third-order valence-electron chi connectivity index (χ3n) is 2.95. The third-order valence-corrected chi connectivity index (χ3v) is 8.47. The highest BCUT2D eigenvalue weighted by molar-refractivity contribution is 6.80. The van der Waals surface area contributed by atoms with Crippen molar-refractivity contribution in [2.24, 2.45) is 0 Å². The van der Waals surface area contributed by atoms with Crippen LogP contribution in [0, 0.1) is 0 Å². The van der Waals surface area contributed by atoms with E-state index in [1.54, 1.807) is 14.2 Å². The fourth-order valence-corrected chi connectivity index (χ4v) is 2.92. The van der Waals surface area contributed by atoms with Gasteiger partial charge in [-0.25, -0.2) is 0 Å². The summed E-state index contributed by atoms with van der Waals surface area (Å²) in [6.07, 6.45) is 0. The fourth-order valence-electron chi connectivity index (χ4n) is 1.04. The van der Waals surface area contributed by atoms with Gasteiger partial charge in [0.25, 0.3) is 0 Å². The minimum Gasteiger partial charge on any atom is -0.360 e. The van der Waals surface area contributed by atoms with Crippen molar-refractivity contribution in [3.05, 3.63) is 0 Å². The van der Waals surface area contributed by atoms with Crippen LogP contribution in [0.15, 0.2) is 0 Å². The number of rotatable bonds is 3. The molecule has 74 valence electrons. The van der Waals surface area contributed by atoms with Crippen LogP contribution in [0.3, 0.4) is 0 Å². The highest BCUT2D eigenvalue weighted by Gasteiger charge is 2.43. The van der Waals surface area contributed by atoms with Crippen molar-refractivity contribution in [3.8, 4) is 0 Å². The maximum absolute atomic E-state index is 5.33. The standard InChI is InChI=1S/C9H22O2Si/c1-9(2,3)12(6,7)8(10-4)11-5/h8H,1-7H3. The van der Waals surface area contributed by atoms with Gasteiger partial charge in [-0.1, -0.05) is 33.9 Å². The number of hydrogen-bond acceptors (Lipinski definition) is 2. The first-order chi connectivity index (χ1) is 5.27. The van der Waals surface area contributed by atoms with E-state index in [1.807, 2.05) is 0 Å². The summed E-state index contributed by atoms with van der Waals surface area (Å²) >= 11 is 0. The normalized spacial score (nSPS) is 14.0. The van der Waals surface area contributed by atoms with Crippen molar-refractivity contribution in [1.29, 1.82) is 0 Å². The molecule has 0 N–H and O–H groups in total. The Kier molecular flexibility index (Phi) is 3.94. The minimum absolute atomic E-state index is 0.00231. The Bertz CT molecular complexity index is 134. The maximum Gasteiger partial charge on any atom is 0.140 e. The Hall–Kier alpha value is 0.137. The lowest BCUT2D eigenvalue weighted by molar-refractivity contribution is -0.0522. The molecule has 12 heavy (non-hydrogen) atoms. The molecule has 0 unspecified atom stereocenters. The summed E-state index contributed by atoms with van der Waals surface area (Å²) in [6, 6.07) is 0. The zero-order valence-corrected chi connectivity index (χ0v) is 10.4. The van der Waals surface area contributed by atoms with Crippen LogP contribution in [0.4, 0.5) is 0 Å². The molecule has 0 fully saturated rings. The van der Waals surface area contributed by atoms with E-state index in [1.165, 1.54) is 0 Å². The van der Waals surface area contributed by atoms with E-state index in [0.717, 1.165) is 0 Å². The lowest BCUT2D eigenvalue weighted by atomic mass is 10.2. The molecule has 2 nitrogen and oxygen atoms in total. The van der Waals surface area contributed by atoms with Gasteiger partial charge in [-0.05, 0) is 5.04 Å². The molecule has 0 bridgehead atoms. The summed E-state index contributed by atoms with van der Waals surface area (Å²) in [7, 11) is 1.96. The second-order valence-corrected chi connectivity index (χ2v) is 10.2. The Morgan fingerprint density at radius 1 is 1.00 bits per heavy atom. The van der Waals surface area contributed by atoms with Gasteiger partial charge in [0.05, 0.1) is 0 Å². The molecule has 0 aliphatic rings. The van der Waals surface area contributed by atoms with E-state index < -0.39 is 8.07 Å². The molecule has 0 radical (unpaired) electrons. The van der Waals surface area contributed by atoms with E-state index >= 15 is 0 Å². The zero-order chi connectivity index (χ0) is 9.99. The summed E-state index contributed by atoms with van der Waals surface area (Å²) in [5.41, 5.74) is 0. The second-order valence-electron chi connectivity index (χ2n) is 4.78. The van der Waals surface area contributed by atoms with Gasteiger partial charge in [0.2, 0.25) is 0 Å². The summed E-state index contributed by atoms with van der Waals surface area (Å²) < 4.78 is 10.7. The third kappa shape index (κ3) is 2.31. The van der Waals surface area contributed by atoms with E-state index in [-0.39, 0.29) is 5.91 Å². The molecule has 3 heteroatoms. The summed E-state index contributed by atoms with van der Waals surface area (Å²) in [6.45, 7) is 11.4. The van der Waals surface area contributed by atoms with Gasteiger partial charge in [-0.2, -0.15) is 0 Å². The van der Waals surface area contributed by atoms with Crippen molar-refractivity contribution in [2.45, 2.75) is 44.8 Å². The maximum atomic E-state index is 5.33. The second kappa shape index (κ2) is 3.90. The number of hydrogen-bond donors (Lipinski definition) is 0. The fraction of sp³-hybridized carbons (Fsp3) is 1.00. The predicted molar refractivity (Wildman–Crippen MR) is 55.0 cm³/mol. The number of methoxy groups -OCH3 is 2. The Morgan fingerprint density at radius 2 is 1.33 bits per heavy atom. The minimum atomic E-state index is -1.48. The molecule has 0 aromatic carbocycles. The quantitative estimate of drug-likeness (QED) is 0.503. The van der Waals surface area contributed by atoms with Gasteiger partial charge >= 0.3 is 0 Å². The first kappa shape index (κ1) is 12.1. The molecule has 0 aliphatic carbocycles. The van der Waals surface area contributed by atoms with Gasteiger partial charge in [0.1, 0.15) is 14.0 Å². The van der Waals surface area contributed by atoms with E-state index in [2.05, 4.69) is 33.9 Å².